The van der Waals surface area contributed by atoms with Crippen LogP contribution in [0.5, 0.6) is 5.75 Å². The van der Waals surface area contributed by atoms with Gasteiger partial charge in [0.2, 0.25) is 5.43 Å². The average molecular weight is 286 g/mol. The molecule has 3 rings (SSSR count). The van der Waals surface area contributed by atoms with Gasteiger partial charge in [-0.25, -0.2) is 0 Å². The molecule has 1 aromatic carbocycles. The Kier molecular flexibility index (Phi) is 3.32. The standard InChI is InChI=1S/C16H14O3S/c1-10(2)19-11-5-6-12-14(8-11)18-9-13(16(12)17)15-4-3-7-20-15/h3-10H,1-2H3. The van der Waals surface area contributed by atoms with E-state index in [1.807, 2.05) is 31.4 Å². The first kappa shape index (κ1) is 12.9. The number of ether oxygens (including phenoxy) is 1. The molecule has 0 bridgehead atoms. The van der Waals surface area contributed by atoms with Crippen LogP contribution in [0.2, 0.25) is 0 Å². The van der Waals surface area contributed by atoms with Gasteiger partial charge in [0.05, 0.1) is 17.1 Å². The molecule has 0 spiro atoms. The molecule has 3 aromatic rings. The summed E-state index contributed by atoms with van der Waals surface area (Å²) in [7, 11) is 0. The lowest BCUT2D eigenvalue weighted by Gasteiger charge is -2.09. The van der Waals surface area contributed by atoms with Crippen LogP contribution >= 0.6 is 11.3 Å². The van der Waals surface area contributed by atoms with Crippen molar-refractivity contribution in [1.82, 2.24) is 0 Å². The fraction of sp³-hybridized carbons (Fsp3) is 0.188. The Morgan fingerprint density at radius 1 is 1.25 bits per heavy atom. The van der Waals surface area contributed by atoms with E-state index in [0.717, 1.165) is 4.88 Å². The van der Waals surface area contributed by atoms with Crippen molar-refractivity contribution in [3.05, 3.63) is 52.2 Å². The van der Waals surface area contributed by atoms with Crippen molar-refractivity contribution in [2.24, 2.45) is 0 Å². The van der Waals surface area contributed by atoms with Crippen molar-refractivity contribution in [2.75, 3.05) is 0 Å². The normalized spacial score (nSPS) is 11.2. The van der Waals surface area contributed by atoms with Crippen LogP contribution in [0.1, 0.15) is 13.8 Å². The van der Waals surface area contributed by atoms with Crippen molar-refractivity contribution in [3.63, 3.8) is 0 Å². The van der Waals surface area contributed by atoms with Crippen LogP contribution in [0, 0.1) is 0 Å². The zero-order valence-electron chi connectivity index (χ0n) is 11.3. The van der Waals surface area contributed by atoms with E-state index in [1.54, 1.807) is 18.2 Å². The molecule has 0 radical (unpaired) electrons. The first-order valence-corrected chi connectivity index (χ1v) is 7.29. The van der Waals surface area contributed by atoms with Gasteiger partial charge >= 0.3 is 0 Å². The Morgan fingerprint density at radius 3 is 2.80 bits per heavy atom. The van der Waals surface area contributed by atoms with Crippen molar-refractivity contribution >= 4 is 22.3 Å². The summed E-state index contributed by atoms with van der Waals surface area (Å²) in [6.45, 7) is 3.92. The molecule has 0 N–H and O–H groups in total. The number of fused-ring (bicyclic) bond motifs is 1. The fourth-order valence-corrected chi connectivity index (χ4v) is 2.78. The topological polar surface area (TPSA) is 39.4 Å². The Balaban J connectivity index is 2.13. The third-order valence-corrected chi connectivity index (χ3v) is 3.81. The summed E-state index contributed by atoms with van der Waals surface area (Å²) in [6, 6.07) is 9.16. The summed E-state index contributed by atoms with van der Waals surface area (Å²) < 4.78 is 11.2. The molecule has 0 atom stereocenters. The number of hydrogen-bond donors (Lipinski definition) is 0. The second-order valence-electron chi connectivity index (χ2n) is 4.78. The maximum Gasteiger partial charge on any atom is 0.201 e. The Bertz CT molecular complexity index is 785. The minimum absolute atomic E-state index is 0.00945. The number of rotatable bonds is 3. The maximum atomic E-state index is 12.5. The predicted molar refractivity (Wildman–Crippen MR) is 81.6 cm³/mol. The molecule has 0 aliphatic heterocycles. The third-order valence-electron chi connectivity index (χ3n) is 2.90. The number of hydrogen-bond acceptors (Lipinski definition) is 4. The van der Waals surface area contributed by atoms with Crippen LogP contribution in [-0.4, -0.2) is 6.10 Å². The van der Waals surface area contributed by atoms with Gasteiger partial charge in [0.1, 0.15) is 17.6 Å². The van der Waals surface area contributed by atoms with Gasteiger partial charge in [0.15, 0.2) is 0 Å². The summed E-state index contributed by atoms with van der Waals surface area (Å²) in [6.07, 6.45) is 1.61. The molecule has 4 heteroatoms. The smallest absolute Gasteiger partial charge is 0.201 e. The van der Waals surface area contributed by atoms with E-state index >= 15 is 0 Å². The lowest BCUT2D eigenvalue weighted by Crippen LogP contribution is -2.07. The molecule has 0 saturated carbocycles. The predicted octanol–water partition coefficient (Wildman–Crippen LogP) is 4.31. The SMILES string of the molecule is CC(C)Oc1ccc2c(=O)c(-c3cccs3)coc2c1. The van der Waals surface area contributed by atoms with E-state index in [9.17, 15) is 4.79 Å². The monoisotopic (exact) mass is 286 g/mol. The molecule has 20 heavy (non-hydrogen) atoms. The van der Waals surface area contributed by atoms with Crippen molar-refractivity contribution in [3.8, 4) is 16.2 Å². The van der Waals surface area contributed by atoms with Gasteiger partial charge in [-0.15, -0.1) is 11.3 Å². The highest BCUT2D eigenvalue weighted by molar-refractivity contribution is 7.13. The fourth-order valence-electron chi connectivity index (χ4n) is 2.06. The van der Waals surface area contributed by atoms with Gasteiger partial charge in [-0.05, 0) is 37.4 Å². The van der Waals surface area contributed by atoms with Crippen LogP contribution in [-0.2, 0) is 0 Å². The van der Waals surface area contributed by atoms with Gasteiger partial charge in [-0.3, -0.25) is 4.79 Å². The van der Waals surface area contributed by atoms with E-state index < -0.39 is 0 Å². The van der Waals surface area contributed by atoms with Gasteiger partial charge < -0.3 is 9.15 Å². The Labute approximate surface area is 120 Å². The molecule has 0 fully saturated rings. The first-order valence-electron chi connectivity index (χ1n) is 6.41. The van der Waals surface area contributed by atoms with Gasteiger partial charge in [-0.2, -0.15) is 0 Å². The third kappa shape index (κ3) is 2.34. The van der Waals surface area contributed by atoms with E-state index in [4.69, 9.17) is 9.15 Å². The molecule has 0 unspecified atom stereocenters. The number of thiophene rings is 1. The van der Waals surface area contributed by atoms with Crippen LogP contribution < -0.4 is 10.2 Å². The van der Waals surface area contributed by atoms with Gasteiger partial charge in [0.25, 0.3) is 0 Å². The highest BCUT2D eigenvalue weighted by Gasteiger charge is 2.10. The van der Waals surface area contributed by atoms with Crippen LogP contribution in [0.3, 0.4) is 0 Å². The van der Waals surface area contributed by atoms with E-state index in [0.29, 0.717) is 22.3 Å². The molecular weight excluding hydrogens is 272 g/mol. The molecule has 2 aromatic heterocycles. The molecule has 0 amide bonds. The van der Waals surface area contributed by atoms with Crippen LogP contribution in [0.15, 0.2) is 51.2 Å². The van der Waals surface area contributed by atoms with Crippen LogP contribution in [0.4, 0.5) is 0 Å². The van der Waals surface area contributed by atoms with Crippen LogP contribution in [0.25, 0.3) is 21.4 Å². The van der Waals surface area contributed by atoms with Crippen molar-refractivity contribution in [1.29, 1.82) is 0 Å². The molecular formula is C16H14O3S. The summed E-state index contributed by atoms with van der Waals surface area (Å²) in [5.74, 6) is 0.708. The lowest BCUT2D eigenvalue weighted by atomic mass is 10.1. The number of benzene rings is 1. The molecule has 0 saturated heterocycles. The van der Waals surface area contributed by atoms with Crippen molar-refractivity contribution in [2.45, 2.75) is 20.0 Å². The lowest BCUT2D eigenvalue weighted by molar-refractivity contribution is 0.242. The second-order valence-corrected chi connectivity index (χ2v) is 5.73. The highest BCUT2D eigenvalue weighted by atomic mass is 32.1. The second kappa shape index (κ2) is 5.13. The van der Waals surface area contributed by atoms with E-state index in [2.05, 4.69) is 0 Å². The quantitative estimate of drug-likeness (QED) is 0.720. The Morgan fingerprint density at radius 2 is 2.10 bits per heavy atom. The summed E-state index contributed by atoms with van der Waals surface area (Å²) >= 11 is 1.53. The van der Waals surface area contributed by atoms with Gasteiger partial charge in [0, 0.05) is 10.9 Å². The minimum atomic E-state index is -0.00945. The molecule has 0 aliphatic rings. The van der Waals surface area contributed by atoms with Crippen molar-refractivity contribution < 1.29 is 9.15 Å². The minimum Gasteiger partial charge on any atom is -0.491 e. The Hall–Kier alpha value is -2.07. The largest absolute Gasteiger partial charge is 0.491 e. The molecule has 3 nitrogen and oxygen atoms in total. The zero-order chi connectivity index (χ0) is 14.1. The highest BCUT2D eigenvalue weighted by Crippen LogP contribution is 2.26. The van der Waals surface area contributed by atoms with E-state index in [1.165, 1.54) is 17.6 Å². The molecule has 102 valence electrons. The summed E-state index contributed by atoms with van der Waals surface area (Å²) in [5, 5.41) is 2.52. The molecule has 0 aliphatic carbocycles. The van der Waals surface area contributed by atoms with E-state index in [-0.39, 0.29) is 11.5 Å². The first-order chi connectivity index (χ1) is 9.65. The van der Waals surface area contributed by atoms with Gasteiger partial charge in [-0.1, -0.05) is 6.07 Å². The maximum absolute atomic E-state index is 12.5. The summed E-state index contributed by atoms with van der Waals surface area (Å²) in [4.78, 5) is 13.4. The molecule has 2 heterocycles. The zero-order valence-corrected chi connectivity index (χ0v) is 12.1. The average Bonchev–Trinajstić information content (AvgIpc) is 2.92. The summed E-state index contributed by atoms with van der Waals surface area (Å²) in [5.41, 5.74) is 1.14.